The second kappa shape index (κ2) is 4.71. The lowest BCUT2D eigenvalue weighted by Gasteiger charge is -2.10. The first kappa shape index (κ1) is 12.1. The maximum Gasteiger partial charge on any atom is 0.573 e. The van der Waals surface area contributed by atoms with Crippen molar-refractivity contribution in [3.63, 3.8) is 0 Å². The van der Waals surface area contributed by atoms with Crippen molar-refractivity contribution in [2.75, 3.05) is 0 Å². The summed E-state index contributed by atoms with van der Waals surface area (Å²) in [6.45, 7) is -0.378. The summed E-state index contributed by atoms with van der Waals surface area (Å²) in [4.78, 5) is 2.37. The molecule has 1 rings (SSSR count). The van der Waals surface area contributed by atoms with E-state index in [2.05, 4.69) is 14.8 Å². The van der Waals surface area contributed by atoms with E-state index in [1.807, 2.05) is 0 Å². The van der Waals surface area contributed by atoms with Gasteiger partial charge in [-0.3, -0.25) is 0 Å². The SMILES string of the molecule is [N-]=[N+]=NCc1cccc(OC(F)(F)F)c1F. The molecule has 0 aromatic heterocycles. The fraction of sp³-hybridized carbons (Fsp3) is 0.250. The minimum atomic E-state index is -4.96. The van der Waals surface area contributed by atoms with Gasteiger partial charge < -0.3 is 4.74 Å². The Bertz CT molecular complexity index is 426. The highest BCUT2D eigenvalue weighted by atomic mass is 19.4. The average Bonchev–Trinajstić information content (AvgIpc) is 2.17. The number of hydrogen-bond donors (Lipinski definition) is 0. The largest absolute Gasteiger partial charge is 0.573 e. The topological polar surface area (TPSA) is 58.0 Å². The molecule has 0 heterocycles. The highest BCUT2D eigenvalue weighted by Crippen LogP contribution is 2.27. The van der Waals surface area contributed by atoms with Gasteiger partial charge in [-0.05, 0) is 17.2 Å². The molecule has 0 radical (unpaired) electrons. The maximum atomic E-state index is 13.3. The zero-order valence-corrected chi connectivity index (χ0v) is 7.70. The van der Waals surface area contributed by atoms with E-state index < -0.39 is 17.9 Å². The third-order valence-electron chi connectivity index (χ3n) is 1.57. The summed E-state index contributed by atoms with van der Waals surface area (Å²) >= 11 is 0. The molecular formula is C8H5F4N3O. The number of azide groups is 1. The molecule has 0 aliphatic carbocycles. The van der Waals surface area contributed by atoms with Crippen molar-refractivity contribution in [1.29, 1.82) is 0 Å². The van der Waals surface area contributed by atoms with Crippen molar-refractivity contribution in [3.05, 3.63) is 40.0 Å². The Kier molecular flexibility index (Phi) is 3.57. The third kappa shape index (κ3) is 3.32. The predicted octanol–water partition coefficient (Wildman–Crippen LogP) is 3.53. The lowest BCUT2D eigenvalue weighted by Crippen LogP contribution is -2.18. The van der Waals surface area contributed by atoms with Crippen LogP contribution in [0.15, 0.2) is 23.3 Å². The minimum absolute atomic E-state index is 0.167. The minimum Gasteiger partial charge on any atom is -0.403 e. The van der Waals surface area contributed by atoms with E-state index in [9.17, 15) is 17.6 Å². The molecule has 0 aliphatic heterocycles. The molecule has 4 nitrogen and oxygen atoms in total. The lowest BCUT2D eigenvalue weighted by molar-refractivity contribution is -0.275. The third-order valence-corrected chi connectivity index (χ3v) is 1.57. The van der Waals surface area contributed by atoms with Crippen molar-refractivity contribution in [2.45, 2.75) is 12.9 Å². The van der Waals surface area contributed by atoms with Crippen LogP contribution < -0.4 is 4.74 Å². The predicted molar refractivity (Wildman–Crippen MR) is 45.9 cm³/mol. The van der Waals surface area contributed by atoms with Crippen LogP contribution in [-0.4, -0.2) is 6.36 Å². The number of benzene rings is 1. The van der Waals surface area contributed by atoms with E-state index in [1.54, 1.807) is 0 Å². The number of rotatable bonds is 3. The molecule has 0 aliphatic rings. The number of ether oxygens (including phenoxy) is 1. The summed E-state index contributed by atoms with van der Waals surface area (Å²) in [6, 6.07) is 3.21. The molecule has 0 spiro atoms. The van der Waals surface area contributed by atoms with E-state index in [0.717, 1.165) is 6.07 Å². The van der Waals surface area contributed by atoms with Crippen molar-refractivity contribution in [2.24, 2.45) is 5.11 Å². The van der Waals surface area contributed by atoms with Gasteiger partial charge in [-0.1, -0.05) is 17.2 Å². The number of hydrogen-bond acceptors (Lipinski definition) is 2. The molecule has 0 unspecified atom stereocenters. The fourth-order valence-electron chi connectivity index (χ4n) is 0.990. The standard InChI is InChI=1S/C8H5F4N3O/c9-7-5(4-14-15-13)2-1-3-6(7)16-8(10,11)12/h1-3H,4H2. The van der Waals surface area contributed by atoms with Gasteiger partial charge in [0.1, 0.15) is 0 Å². The molecule has 0 saturated heterocycles. The van der Waals surface area contributed by atoms with E-state index in [4.69, 9.17) is 5.53 Å². The van der Waals surface area contributed by atoms with Crippen LogP contribution in [0, 0.1) is 5.82 Å². The number of nitrogens with zero attached hydrogens (tertiary/aromatic N) is 3. The van der Waals surface area contributed by atoms with Gasteiger partial charge in [-0.25, -0.2) is 4.39 Å². The summed E-state index contributed by atoms with van der Waals surface area (Å²) in [5.41, 5.74) is 7.83. The van der Waals surface area contributed by atoms with Crippen molar-refractivity contribution >= 4 is 0 Å². The first-order valence-corrected chi connectivity index (χ1v) is 3.98. The Balaban J connectivity index is 2.99. The summed E-state index contributed by atoms with van der Waals surface area (Å²) in [5, 5.41) is 3.04. The average molecular weight is 235 g/mol. The van der Waals surface area contributed by atoms with E-state index >= 15 is 0 Å². The van der Waals surface area contributed by atoms with Crippen LogP contribution >= 0.6 is 0 Å². The molecule has 0 amide bonds. The van der Waals surface area contributed by atoms with E-state index in [-0.39, 0.29) is 12.1 Å². The van der Waals surface area contributed by atoms with Gasteiger partial charge in [-0.15, -0.1) is 13.2 Å². The molecule has 0 N–H and O–H groups in total. The van der Waals surface area contributed by atoms with Crippen LogP contribution in [0.2, 0.25) is 0 Å². The maximum absolute atomic E-state index is 13.3. The van der Waals surface area contributed by atoms with Crippen molar-refractivity contribution in [3.8, 4) is 5.75 Å². The van der Waals surface area contributed by atoms with Gasteiger partial charge in [0.15, 0.2) is 11.6 Å². The Morgan fingerprint density at radius 2 is 2.06 bits per heavy atom. The number of alkyl halides is 3. The molecule has 0 bridgehead atoms. The summed E-state index contributed by atoms with van der Waals surface area (Å²) in [6.07, 6.45) is -4.96. The van der Waals surface area contributed by atoms with Crippen LogP contribution in [0.25, 0.3) is 10.4 Å². The second-order valence-electron chi connectivity index (χ2n) is 2.67. The molecule has 0 fully saturated rings. The highest BCUT2D eigenvalue weighted by molar-refractivity contribution is 5.31. The normalized spacial score (nSPS) is 10.8. The first-order valence-electron chi connectivity index (χ1n) is 3.98. The van der Waals surface area contributed by atoms with Crippen LogP contribution in [-0.2, 0) is 6.54 Å². The lowest BCUT2D eigenvalue weighted by atomic mass is 10.2. The first-order chi connectivity index (χ1) is 7.44. The summed E-state index contributed by atoms with van der Waals surface area (Å²) in [7, 11) is 0. The summed E-state index contributed by atoms with van der Waals surface area (Å²) in [5.74, 6) is -2.13. The number of halogens is 4. The molecule has 1 aromatic carbocycles. The molecule has 0 saturated carbocycles. The van der Waals surface area contributed by atoms with Gasteiger partial charge in [0, 0.05) is 4.91 Å². The molecule has 8 heteroatoms. The van der Waals surface area contributed by atoms with E-state index in [1.165, 1.54) is 12.1 Å². The Labute approximate surface area is 87.1 Å². The van der Waals surface area contributed by atoms with Crippen LogP contribution in [0.1, 0.15) is 5.56 Å². The molecule has 0 atom stereocenters. The quantitative estimate of drug-likeness (QED) is 0.342. The highest BCUT2D eigenvalue weighted by Gasteiger charge is 2.32. The Morgan fingerprint density at radius 1 is 1.38 bits per heavy atom. The van der Waals surface area contributed by atoms with Gasteiger partial charge in [-0.2, -0.15) is 0 Å². The Hall–Kier alpha value is -1.95. The van der Waals surface area contributed by atoms with Crippen LogP contribution in [0.3, 0.4) is 0 Å². The van der Waals surface area contributed by atoms with Gasteiger partial charge in [0.25, 0.3) is 0 Å². The van der Waals surface area contributed by atoms with Gasteiger partial charge in [0.05, 0.1) is 6.54 Å². The molecular weight excluding hydrogens is 230 g/mol. The van der Waals surface area contributed by atoms with E-state index in [0.29, 0.717) is 0 Å². The zero-order chi connectivity index (χ0) is 12.2. The van der Waals surface area contributed by atoms with Gasteiger partial charge >= 0.3 is 6.36 Å². The molecule has 86 valence electrons. The summed E-state index contributed by atoms with van der Waals surface area (Å²) < 4.78 is 52.3. The second-order valence-corrected chi connectivity index (χ2v) is 2.67. The molecule has 16 heavy (non-hydrogen) atoms. The fourth-order valence-corrected chi connectivity index (χ4v) is 0.990. The van der Waals surface area contributed by atoms with Gasteiger partial charge in [0.2, 0.25) is 0 Å². The Morgan fingerprint density at radius 3 is 2.62 bits per heavy atom. The zero-order valence-electron chi connectivity index (χ0n) is 7.70. The van der Waals surface area contributed by atoms with Crippen molar-refractivity contribution in [1.82, 2.24) is 0 Å². The monoisotopic (exact) mass is 235 g/mol. The van der Waals surface area contributed by atoms with Crippen molar-refractivity contribution < 1.29 is 22.3 Å². The van der Waals surface area contributed by atoms with Crippen LogP contribution in [0.4, 0.5) is 17.6 Å². The smallest absolute Gasteiger partial charge is 0.403 e. The van der Waals surface area contributed by atoms with Crippen LogP contribution in [0.5, 0.6) is 5.75 Å². The molecule has 1 aromatic rings.